The summed E-state index contributed by atoms with van der Waals surface area (Å²) in [6.07, 6.45) is 3.88. The van der Waals surface area contributed by atoms with Crippen LogP contribution in [-0.2, 0) is 9.53 Å². The smallest absolute Gasteiger partial charge is 0.323 e. The zero-order chi connectivity index (χ0) is 11.3. The van der Waals surface area contributed by atoms with Crippen LogP contribution >= 0.6 is 0 Å². The summed E-state index contributed by atoms with van der Waals surface area (Å²) in [4.78, 5) is 11.5. The molecule has 0 heterocycles. The van der Waals surface area contributed by atoms with E-state index in [2.05, 4.69) is 5.32 Å². The molecule has 0 aliphatic heterocycles. The van der Waals surface area contributed by atoms with E-state index in [9.17, 15) is 4.79 Å². The van der Waals surface area contributed by atoms with E-state index < -0.39 is 0 Å². The summed E-state index contributed by atoms with van der Waals surface area (Å²) in [5.74, 6) is 0.294. The third-order valence-electron chi connectivity index (χ3n) is 2.81. The van der Waals surface area contributed by atoms with E-state index in [4.69, 9.17) is 9.84 Å². The molecule has 0 aromatic carbocycles. The lowest BCUT2D eigenvalue weighted by Crippen LogP contribution is -2.44. The van der Waals surface area contributed by atoms with Crippen molar-refractivity contribution in [2.75, 3.05) is 13.7 Å². The van der Waals surface area contributed by atoms with Crippen molar-refractivity contribution >= 4 is 5.97 Å². The predicted octanol–water partition coefficient (Wildman–Crippen LogP) is 0.689. The normalized spacial score (nSPS) is 19.7. The lowest BCUT2D eigenvalue weighted by molar-refractivity contribution is -0.144. The van der Waals surface area contributed by atoms with Crippen molar-refractivity contribution in [3.8, 4) is 0 Å². The predicted molar refractivity (Wildman–Crippen MR) is 57.4 cm³/mol. The van der Waals surface area contributed by atoms with Crippen LogP contribution < -0.4 is 5.32 Å². The van der Waals surface area contributed by atoms with Crippen molar-refractivity contribution in [3.63, 3.8) is 0 Å². The molecule has 2 N–H and O–H groups in total. The minimum absolute atomic E-state index is 0.149. The molecule has 1 aliphatic rings. The van der Waals surface area contributed by atoms with Gasteiger partial charge in [-0.2, -0.15) is 0 Å². The first-order chi connectivity index (χ1) is 7.19. The first kappa shape index (κ1) is 12.5. The lowest BCUT2D eigenvalue weighted by atomic mass is 10.1. The molecule has 0 radical (unpaired) electrons. The topological polar surface area (TPSA) is 58.6 Å². The molecule has 0 saturated heterocycles. The molecule has 0 aromatic heterocycles. The van der Waals surface area contributed by atoms with Crippen molar-refractivity contribution in [2.45, 2.75) is 44.7 Å². The molecule has 1 fully saturated rings. The monoisotopic (exact) mass is 215 g/mol. The fourth-order valence-corrected chi connectivity index (χ4v) is 1.74. The van der Waals surface area contributed by atoms with Crippen molar-refractivity contribution in [1.29, 1.82) is 0 Å². The fraction of sp³-hybridized carbons (Fsp3) is 0.909. The van der Waals surface area contributed by atoms with Gasteiger partial charge in [0.05, 0.1) is 7.11 Å². The highest BCUT2D eigenvalue weighted by Gasteiger charge is 2.37. The summed E-state index contributed by atoms with van der Waals surface area (Å²) < 4.78 is 4.77. The zero-order valence-corrected chi connectivity index (χ0v) is 9.53. The van der Waals surface area contributed by atoms with Crippen LogP contribution in [0.4, 0.5) is 0 Å². The van der Waals surface area contributed by atoms with Gasteiger partial charge in [0.15, 0.2) is 0 Å². The van der Waals surface area contributed by atoms with Crippen LogP contribution in [0.25, 0.3) is 0 Å². The van der Waals surface area contributed by atoms with Gasteiger partial charge in [-0.1, -0.05) is 0 Å². The lowest BCUT2D eigenvalue weighted by Gasteiger charge is -2.20. The fourth-order valence-electron chi connectivity index (χ4n) is 1.74. The van der Waals surface area contributed by atoms with Crippen LogP contribution in [-0.4, -0.2) is 36.9 Å². The van der Waals surface area contributed by atoms with Gasteiger partial charge in [0.2, 0.25) is 0 Å². The highest BCUT2D eigenvalue weighted by atomic mass is 16.5. The van der Waals surface area contributed by atoms with E-state index in [0.29, 0.717) is 5.92 Å². The van der Waals surface area contributed by atoms with Gasteiger partial charge in [0, 0.05) is 12.6 Å². The number of esters is 1. The van der Waals surface area contributed by atoms with E-state index >= 15 is 0 Å². The molecular formula is C11H21NO3. The maximum atomic E-state index is 11.5. The molecule has 15 heavy (non-hydrogen) atoms. The first-order valence-corrected chi connectivity index (χ1v) is 5.63. The van der Waals surface area contributed by atoms with Gasteiger partial charge in [0.1, 0.15) is 6.04 Å². The largest absolute Gasteiger partial charge is 0.468 e. The maximum Gasteiger partial charge on any atom is 0.323 e. The zero-order valence-electron chi connectivity index (χ0n) is 9.53. The average Bonchev–Trinajstić information content (AvgIpc) is 3.05. The van der Waals surface area contributed by atoms with Crippen LogP contribution in [0.5, 0.6) is 0 Å². The van der Waals surface area contributed by atoms with Crippen LogP contribution in [0.1, 0.15) is 32.6 Å². The van der Waals surface area contributed by atoms with E-state index in [-0.39, 0.29) is 24.7 Å². The molecule has 4 nitrogen and oxygen atoms in total. The Morgan fingerprint density at radius 3 is 2.73 bits per heavy atom. The molecule has 2 atom stereocenters. The second-order valence-corrected chi connectivity index (χ2v) is 4.27. The maximum absolute atomic E-state index is 11.5. The molecule has 0 aromatic rings. The average molecular weight is 215 g/mol. The number of ether oxygens (including phenoxy) is 1. The van der Waals surface area contributed by atoms with Gasteiger partial charge < -0.3 is 15.2 Å². The van der Waals surface area contributed by atoms with Crippen LogP contribution in [0, 0.1) is 5.92 Å². The molecule has 0 spiro atoms. The summed E-state index contributed by atoms with van der Waals surface area (Å²) in [7, 11) is 1.43. The summed E-state index contributed by atoms with van der Waals surface area (Å²) in [6.45, 7) is 2.24. The molecule has 2 unspecified atom stereocenters. The number of rotatable bonds is 7. The first-order valence-electron chi connectivity index (χ1n) is 5.63. The number of aliphatic hydroxyl groups excluding tert-OH is 1. The third-order valence-corrected chi connectivity index (χ3v) is 2.81. The molecule has 88 valence electrons. The van der Waals surface area contributed by atoms with Gasteiger partial charge in [0.25, 0.3) is 0 Å². The van der Waals surface area contributed by atoms with E-state index in [1.54, 1.807) is 0 Å². The molecule has 0 amide bonds. The SMILES string of the molecule is COC(=O)C(NC(C)CCCO)C1CC1. The Labute approximate surface area is 91.0 Å². The van der Waals surface area contributed by atoms with Crippen LogP contribution in [0.3, 0.4) is 0 Å². The Balaban J connectivity index is 2.33. The molecule has 0 bridgehead atoms. The number of hydrogen-bond acceptors (Lipinski definition) is 4. The third kappa shape index (κ3) is 4.18. The second kappa shape index (κ2) is 6.08. The van der Waals surface area contributed by atoms with Crippen molar-refractivity contribution in [3.05, 3.63) is 0 Å². The molecule has 4 heteroatoms. The van der Waals surface area contributed by atoms with E-state index in [1.807, 2.05) is 6.92 Å². The number of carbonyl (C=O) groups is 1. The Bertz CT molecular complexity index is 204. The number of hydrogen-bond donors (Lipinski definition) is 2. The van der Waals surface area contributed by atoms with Gasteiger partial charge in [-0.25, -0.2) is 0 Å². The summed E-state index contributed by atoms with van der Waals surface area (Å²) in [5.41, 5.74) is 0. The molecule has 1 aliphatic carbocycles. The summed E-state index contributed by atoms with van der Waals surface area (Å²) in [5, 5.41) is 12.0. The van der Waals surface area contributed by atoms with Crippen molar-refractivity contribution in [2.24, 2.45) is 5.92 Å². The van der Waals surface area contributed by atoms with Gasteiger partial charge >= 0.3 is 5.97 Å². The number of aliphatic hydroxyl groups is 1. The van der Waals surface area contributed by atoms with Gasteiger partial charge in [-0.15, -0.1) is 0 Å². The number of methoxy groups -OCH3 is 1. The molecule has 1 saturated carbocycles. The number of nitrogens with one attached hydrogen (secondary N) is 1. The quantitative estimate of drug-likeness (QED) is 0.613. The van der Waals surface area contributed by atoms with Crippen LogP contribution in [0.15, 0.2) is 0 Å². The summed E-state index contributed by atoms with van der Waals surface area (Å²) in [6, 6.07) is 0.102. The highest BCUT2D eigenvalue weighted by molar-refractivity contribution is 5.76. The Morgan fingerprint density at radius 1 is 1.60 bits per heavy atom. The highest BCUT2D eigenvalue weighted by Crippen LogP contribution is 2.33. The Hall–Kier alpha value is -0.610. The van der Waals surface area contributed by atoms with Gasteiger partial charge in [-0.3, -0.25) is 4.79 Å². The van der Waals surface area contributed by atoms with Crippen LogP contribution in [0.2, 0.25) is 0 Å². The summed E-state index contributed by atoms with van der Waals surface area (Å²) >= 11 is 0. The molecular weight excluding hydrogens is 194 g/mol. The van der Waals surface area contributed by atoms with E-state index in [1.165, 1.54) is 7.11 Å². The second-order valence-electron chi connectivity index (χ2n) is 4.27. The van der Waals surface area contributed by atoms with Crippen molar-refractivity contribution < 1.29 is 14.6 Å². The Kier molecular flexibility index (Phi) is 5.05. The minimum atomic E-state index is -0.159. The molecule has 1 rings (SSSR count). The Morgan fingerprint density at radius 2 is 2.27 bits per heavy atom. The standard InChI is InChI=1S/C11H21NO3/c1-8(4-3-7-13)12-10(9-5-6-9)11(14)15-2/h8-10,12-13H,3-7H2,1-2H3. The minimum Gasteiger partial charge on any atom is -0.468 e. The van der Waals surface area contributed by atoms with Gasteiger partial charge in [-0.05, 0) is 38.5 Å². The number of carbonyl (C=O) groups excluding carboxylic acids is 1. The van der Waals surface area contributed by atoms with Crippen molar-refractivity contribution in [1.82, 2.24) is 5.32 Å². The van der Waals surface area contributed by atoms with E-state index in [0.717, 1.165) is 25.7 Å².